The van der Waals surface area contributed by atoms with E-state index in [9.17, 15) is 22.0 Å². The van der Waals surface area contributed by atoms with Crippen molar-refractivity contribution < 1.29 is 22.0 Å². The lowest BCUT2D eigenvalue weighted by atomic mass is 9.97. The van der Waals surface area contributed by atoms with Gasteiger partial charge in [-0.3, -0.25) is 4.79 Å². The summed E-state index contributed by atoms with van der Waals surface area (Å²) in [4.78, 5) is 12.4. The summed E-state index contributed by atoms with van der Waals surface area (Å²) < 4.78 is 53.9. The molecule has 150 valence electrons. The molecule has 1 amide bonds. The molecule has 1 saturated heterocycles. The van der Waals surface area contributed by atoms with Gasteiger partial charge < -0.3 is 5.32 Å². The van der Waals surface area contributed by atoms with Gasteiger partial charge in [-0.2, -0.15) is 0 Å². The summed E-state index contributed by atoms with van der Waals surface area (Å²) in [6.07, 6.45) is 0.708. The molecule has 0 unspecified atom stereocenters. The number of piperidine rings is 1. The molecule has 0 radical (unpaired) electrons. The topological polar surface area (TPSA) is 66.5 Å². The van der Waals surface area contributed by atoms with E-state index in [4.69, 9.17) is 0 Å². The van der Waals surface area contributed by atoms with Crippen molar-refractivity contribution in [3.05, 3.63) is 64.1 Å². The first-order valence-corrected chi connectivity index (χ1v) is 11.1. The molecule has 0 bridgehead atoms. The minimum absolute atomic E-state index is 0.0968. The minimum atomic E-state index is -3.55. The van der Waals surface area contributed by atoms with Gasteiger partial charge in [-0.15, -0.1) is 0 Å². The van der Waals surface area contributed by atoms with E-state index in [0.29, 0.717) is 22.9 Å². The fraction of sp³-hybridized carbons (Fsp3) is 0.316. The van der Waals surface area contributed by atoms with E-state index in [2.05, 4.69) is 21.2 Å². The number of anilines is 1. The third-order valence-electron chi connectivity index (χ3n) is 4.67. The maximum Gasteiger partial charge on any atom is 0.227 e. The molecule has 0 spiro atoms. The number of benzene rings is 2. The van der Waals surface area contributed by atoms with Gasteiger partial charge in [0, 0.05) is 23.5 Å². The Morgan fingerprint density at radius 2 is 1.75 bits per heavy atom. The molecule has 28 heavy (non-hydrogen) atoms. The zero-order valence-electron chi connectivity index (χ0n) is 14.9. The molecule has 0 aromatic heterocycles. The molecule has 5 nitrogen and oxygen atoms in total. The van der Waals surface area contributed by atoms with Gasteiger partial charge in [-0.05, 0) is 48.7 Å². The van der Waals surface area contributed by atoms with Crippen molar-refractivity contribution in [3.63, 3.8) is 0 Å². The number of sulfonamides is 1. The predicted octanol–water partition coefficient (Wildman–Crippen LogP) is 3.91. The van der Waals surface area contributed by atoms with Crippen molar-refractivity contribution in [2.45, 2.75) is 18.6 Å². The molecular formula is C19H19BrF2N2O3S. The summed E-state index contributed by atoms with van der Waals surface area (Å²) in [6.45, 7) is 0.425. The maximum atomic E-state index is 13.9. The van der Waals surface area contributed by atoms with E-state index in [0.717, 1.165) is 0 Å². The molecule has 1 heterocycles. The van der Waals surface area contributed by atoms with Crippen LogP contribution in [0.1, 0.15) is 18.4 Å². The Labute approximate surface area is 170 Å². The Bertz CT molecular complexity index is 960. The van der Waals surface area contributed by atoms with Gasteiger partial charge in [0.25, 0.3) is 0 Å². The standard InChI is InChI=1S/C19H19BrF2N2O3S/c20-15-3-6-18(17(22)11-15)23-19(25)14-7-9-24(10-8-14)28(26,27)12-13-1-4-16(21)5-2-13/h1-6,11,14H,7-10,12H2,(H,23,25). The van der Waals surface area contributed by atoms with E-state index in [-0.39, 0.29) is 36.4 Å². The van der Waals surface area contributed by atoms with E-state index >= 15 is 0 Å². The summed E-state index contributed by atoms with van der Waals surface area (Å²) in [5, 5.41) is 2.57. The highest BCUT2D eigenvalue weighted by Gasteiger charge is 2.31. The zero-order chi connectivity index (χ0) is 20.3. The number of hydrogen-bond acceptors (Lipinski definition) is 3. The number of rotatable bonds is 5. The number of carbonyl (C=O) groups is 1. The van der Waals surface area contributed by atoms with Crippen LogP contribution in [-0.2, 0) is 20.6 Å². The van der Waals surface area contributed by atoms with Crippen molar-refractivity contribution in [2.75, 3.05) is 18.4 Å². The molecule has 0 saturated carbocycles. The summed E-state index contributed by atoms with van der Waals surface area (Å²) in [5.74, 6) is -1.89. The first kappa shape index (κ1) is 20.9. The molecule has 1 fully saturated rings. The predicted molar refractivity (Wildman–Crippen MR) is 106 cm³/mol. The second-order valence-corrected chi connectivity index (χ2v) is 9.55. The van der Waals surface area contributed by atoms with E-state index in [1.807, 2.05) is 0 Å². The van der Waals surface area contributed by atoms with E-state index in [1.54, 1.807) is 6.07 Å². The average Bonchev–Trinajstić information content (AvgIpc) is 2.66. The minimum Gasteiger partial charge on any atom is -0.323 e. The molecule has 1 N–H and O–H groups in total. The summed E-state index contributed by atoms with van der Waals surface area (Å²) in [7, 11) is -3.55. The quantitative estimate of drug-likeness (QED) is 0.717. The van der Waals surface area contributed by atoms with Crippen LogP contribution < -0.4 is 5.32 Å². The van der Waals surface area contributed by atoms with Crippen LogP contribution in [0, 0.1) is 17.6 Å². The van der Waals surface area contributed by atoms with Crippen molar-refractivity contribution >= 4 is 37.5 Å². The van der Waals surface area contributed by atoms with Crippen LogP contribution in [0.15, 0.2) is 46.9 Å². The highest BCUT2D eigenvalue weighted by atomic mass is 79.9. The van der Waals surface area contributed by atoms with Crippen LogP contribution in [0.3, 0.4) is 0 Å². The molecule has 2 aromatic rings. The first-order valence-electron chi connectivity index (χ1n) is 8.73. The van der Waals surface area contributed by atoms with Gasteiger partial charge >= 0.3 is 0 Å². The summed E-state index contributed by atoms with van der Waals surface area (Å²) in [5.41, 5.74) is 0.603. The van der Waals surface area contributed by atoms with Crippen LogP contribution in [0.2, 0.25) is 0 Å². The van der Waals surface area contributed by atoms with Crippen molar-refractivity contribution in [2.24, 2.45) is 5.92 Å². The van der Waals surface area contributed by atoms with Gasteiger partial charge in [-0.25, -0.2) is 21.5 Å². The highest BCUT2D eigenvalue weighted by molar-refractivity contribution is 9.10. The van der Waals surface area contributed by atoms with Crippen molar-refractivity contribution in [1.29, 1.82) is 0 Å². The van der Waals surface area contributed by atoms with Gasteiger partial charge in [0.1, 0.15) is 11.6 Å². The van der Waals surface area contributed by atoms with Crippen LogP contribution >= 0.6 is 15.9 Å². The maximum absolute atomic E-state index is 13.9. The van der Waals surface area contributed by atoms with Gasteiger partial charge in [-0.1, -0.05) is 28.1 Å². The van der Waals surface area contributed by atoms with Gasteiger partial charge in [0.05, 0.1) is 11.4 Å². The van der Waals surface area contributed by atoms with E-state index < -0.39 is 21.7 Å². The Morgan fingerprint density at radius 3 is 2.36 bits per heavy atom. The fourth-order valence-corrected chi connectivity index (χ4v) is 5.00. The molecule has 1 aliphatic heterocycles. The molecule has 1 aliphatic rings. The second kappa shape index (κ2) is 8.67. The Kier molecular flexibility index (Phi) is 6.47. The molecule has 3 rings (SSSR count). The number of amides is 1. The second-order valence-electron chi connectivity index (χ2n) is 6.67. The molecule has 0 atom stereocenters. The number of nitrogens with one attached hydrogen (secondary N) is 1. The molecule has 2 aromatic carbocycles. The SMILES string of the molecule is O=C(Nc1ccc(Br)cc1F)C1CCN(S(=O)(=O)Cc2ccc(F)cc2)CC1. The monoisotopic (exact) mass is 472 g/mol. The van der Waals surface area contributed by atoms with Crippen LogP contribution in [-0.4, -0.2) is 31.7 Å². The summed E-state index contributed by atoms with van der Waals surface area (Å²) in [6, 6.07) is 9.70. The third kappa shape index (κ3) is 5.15. The largest absolute Gasteiger partial charge is 0.323 e. The number of halogens is 3. The summed E-state index contributed by atoms with van der Waals surface area (Å²) >= 11 is 3.16. The Balaban J connectivity index is 1.57. The van der Waals surface area contributed by atoms with Gasteiger partial charge in [0.2, 0.25) is 15.9 Å². The van der Waals surface area contributed by atoms with Crippen LogP contribution in [0.5, 0.6) is 0 Å². The number of carbonyl (C=O) groups excluding carboxylic acids is 1. The lowest BCUT2D eigenvalue weighted by Crippen LogP contribution is -2.41. The van der Waals surface area contributed by atoms with Crippen LogP contribution in [0.4, 0.5) is 14.5 Å². The smallest absolute Gasteiger partial charge is 0.227 e. The third-order valence-corrected chi connectivity index (χ3v) is 7.01. The molecule has 0 aliphatic carbocycles. The van der Waals surface area contributed by atoms with Crippen molar-refractivity contribution in [1.82, 2.24) is 4.31 Å². The normalized spacial score (nSPS) is 16.1. The Morgan fingerprint density at radius 1 is 1.11 bits per heavy atom. The lowest BCUT2D eigenvalue weighted by molar-refractivity contribution is -0.120. The average molecular weight is 473 g/mol. The Hall–Kier alpha value is -1.84. The molecular weight excluding hydrogens is 454 g/mol. The zero-order valence-corrected chi connectivity index (χ0v) is 17.3. The highest BCUT2D eigenvalue weighted by Crippen LogP contribution is 2.25. The van der Waals surface area contributed by atoms with Crippen molar-refractivity contribution in [3.8, 4) is 0 Å². The number of nitrogens with zero attached hydrogens (tertiary/aromatic N) is 1. The first-order chi connectivity index (χ1) is 13.2. The van der Waals surface area contributed by atoms with Gasteiger partial charge in [0.15, 0.2) is 0 Å². The molecule has 9 heteroatoms. The van der Waals surface area contributed by atoms with E-state index in [1.165, 1.54) is 40.7 Å². The number of hydrogen-bond donors (Lipinski definition) is 1. The van der Waals surface area contributed by atoms with Crippen LogP contribution in [0.25, 0.3) is 0 Å². The fourth-order valence-electron chi connectivity index (χ4n) is 3.10. The lowest BCUT2D eigenvalue weighted by Gasteiger charge is -2.30.